The molecule has 0 aromatic heterocycles. The van der Waals surface area contributed by atoms with Crippen molar-refractivity contribution in [1.82, 2.24) is 10.2 Å². The largest absolute Gasteiger partial charge is 0.497 e. The number of rotatable bonds is 8. The lowest BCUT2D eigenvalue weighted by atomic mass is 10.1. The molecule has 0 fully saturated rings. The van der Waals surface area contributed by atoms with Gasteiger partial charge in [0, 0.05) is 12.6 Å². The SMILES string of the molecule is C=C(C)CCNCC(c1cccc(OC)c1)N(C)C. The maximum absolute atomic E-state index is 5.29. The summed E-state index contributed by atoms with van der Waals surface area (Å²) in [6.45, 7) is 7.88. The van der Waals surface area contributed by atoms with Gasteiger partial charge in [0.15, 0.2) is 0 Å². The molecule has 3 nitrogen and oxygen atoms in total. The molecule has 1 aromatic rings. The highest BCUT2D eigenvalue weighted by atomic mass is 16.5. The van der Waals surface area contributed by atoms with Gasteiger partial charge in [-0.05, 0) is 51.7 Å². The van der Waals surface area contributed by atoms with Crippen LogP contribution in [-0.4, -0.2) is 39.2 Å². The Morgan fingerprint density at radius 2 is 2.16 bits per heavy atom. The minimum Gasteiger partial charge on any atom is -0.497 e. The van der Waals surface area contributed by atoms with Crippen molar-refractivity contribution in [2.24, 2.45) is 0 Å². The molecule has 0 saturated carbocycles. The van der Waals surface area contributed by atoms with Crippen LogP contribution >= 0.6 is 0 Å². The third-order valence-electron chi connectivity index (χ3n) is 3.17. The van der Waals surface area contributed by atoms with E-state index in [-0.39, 0.29) is 0 Å². The van der Waals surface area contributed by atoms with E-state index >= 15 is 0 Å². The summed E-state index contributed by atoms with van der Waals surface area (Å²) in [7, 11) is 5.91. The molecule has 1 aromatic carbocycles. The number of hydrogen-bond donors (Lipinski definition) is 1. The molecule has 0 spiro atoms. The van der Waals surface area contributed by atoms with Gasteiger partial charge < -0.3 is 15.0 Å². The van der Waals surface area contributed by atoms with E-state index in [2.05, 4.69) is 49.9 Å². The van der Waals surface area contributed by atoms with Crippen LogP contribution in [-0.2, 0) is 0 Å². The zero-order valence-corrected chi connectivity index (χ0v) is 12.6. The Balaban J connectivity index is 2.63. The van der Waals surface area contributed by atoms with Crippen molar-refractivity contribution in [3.8, 4) is 5.75 Å². The zero-order chi connectivity index (χ0) is 14.3. The Morgan fingerprint density at radius 3 is 2.74 bits per heavy atom. The summed E-state index contributed by atoms with van der Waals surface area (Å²) in [6.07, 6.45) is 1.03. The van der Waals surface area contributed by atoms with E-state index in [1.54, 1.807) is 7.11 Å². The lowest BCUT2D eigenvalue weighted by molar-refractivity contribution is 0.288. The van der Waals surface area contributed by atoms with Gasteiger partial charge in [0.2, 0.25) is 0 Å². The first-order valence-electron chi connectivity index (χ1n) is 6.70. The van der Waals surface area contributed by atoms with Crippen LogP contribution in [0.15, 0.2) is 36.4 Å². The second-order valence-electron chi connectivity index (χ2n) is 5.17. The van der Waals surface area contributed by atoms with Crippen LogP contribution in [0.5, 0.6) is 5.75 Å². The molecule has 1 unspecified atom stereocenters. The molecule has 0 aliphatic carbocycles. The summed E-state index contributed by atoms with van der Waals surface area (Å²) in [5.41, 5.74) is 2.49. The summed E-state index contributed by atoms with van der Waals surface area (Å²) < 4.78 is 5.29. The fourth-order valence-corrected chi connectivity index (χ4v) is 1.99. The Labute approximate surface area is 117 Å². The van der Waals surface area contributed by atoms with Crippen molar-refractivity contribution in [2.75, 3.05) is 34.3 Å². The number of nitrogens with zero attached hydrogens (tertiary/aromatic N) is 1. The topological polar surface area (TPSA) is 24.5 Å². The monoisotopic (exact) mass is 262 g/mol. The molecule has 0 aliphatic rings. The second kappa shape index (κ2) is 7.97. The maximum Gasteiger partial charge on any atom is 0.119 e. The first-order valence-corrected chi connectivity index (χ1v) is 6.70. The highest BCUT2D eigenvalue weighted by Gasteiger charge is 2.14. The van der Waals surface area contributed by atoms with E-state index in [1.165, 1.54) is 11.1 Å². The van der Waals surface area contributed by atoms with Crippen LogP contribution in [0.4, 0.5) is 0 Å². The van der Waals surface area contributed by atoms with E-state index in [4.69, 9.17) is 4.74 Å². The first-order chi connectivity index (χ1) is 9.04. The molecule has 1 N–H and O–H groups in total. The number of nitrogens with one attached hydrogen (secondary N) is 1. The smallest absolute Gasteiger partial charge is 0.119 e. The average Bonchev–Trinajstić information content (AvgIpc) is 2.38. The Hall–Kier alpha value is -1.32. The fourth-order valence-electron chi connectivity index (χ4n) is 1.99. The second-order valence-corrected chi connectivity index (χ2v) is 5.17. The summed E-state index contributed by atoms with van der Waals surface area (Å²) in [5.74, 6) is 0.909. The van der Waals surface area contributed by atoms with Gasteiger partial charge in [-0.3, -0.25) is 0 Å². The summed E-state index contributed by atoms with van der Waals surface area (Å²) in [6, 6.07) is 8.61. The molecule has 0 bridgehead atoms. The Morgan fingerprint density at radius 1 is 1.42 bits per heavy atom. The van der Waals surface area contributed by atoms with Gasteiger partial charge in [0.25, 0.3) is 0 Å². The molecule has 0 heterocycles. The minimum absolute atomic E-state index is 0.347. The molecule has 0 aliphatic heterocycles. The standard InChI is InChI=1S/C16H26N2O/c1-13(2)9-10-17-12-16(18(3)4)14-7-6-8-15(11-14)19-5/h6-8,11,16-17H,1,9-10,12H2,2-5H3. The van der Waals surface area contributed by atoms with Crippen molar-refractivity contribution in [3.05, 3.63) is 42.0 Å². The summed E-state index contributed by atoms with van der Waals surface area (Å²) in [5, 5.41) is 3.49. The van der Waals surface area contributed by atoms with Crippen molar-refractivity contribution in [3.63, 3.8) is 0 Å². The highest BCUT2D eigenvalue weighted by molar-refractivity contribution is 5.30. The zero-order valence-electron chi connectivity index (χ0n) is 12.6. The normalized spacial score (nSPS) is 12.5. The van der Waals surface area contributed by atoms with Gasteiger partial charge in [-0.2, -0.15) is 0 Å². The predicted molar refractivity (Wildman–Crippen MR) is 81.7 cm³/mol. The first kappa shape index (κ1) is 15.7. The minimum atomic E-state index is 0.347. The number of benzene rings is 1. The molecule has 1 atom stereocenters. The maximum atomic E-state index is 5.29. The van der Waals surface area contributed by atoms with Crippen LogP contribution in [0.3, 0.4) is 0 Å². The molecule has 19 heavy (non-hydrogen) atoms. The summed E-state index contributed by atoms with van der Waals surface area (Å²) >= 11 is 0. The van der Waals surface area contributed by atoms with Crippen molar-refractivity contribution < 1.29 is 4.74 Å². The van der Waals surface area contributed by atoms with E-state index in [0.717, 1.165) is 25.3 Å². The van der Waals surface area contributed by atoms with Crippen molar-refractivity contribution >= 4 is 0 Å². The predicted octanol–water partition coefficient (Wildman–Crippen LogP) is 2.85. The van der Waals surface area contributed by atoms with E-state index in [1.807, 2.05) is 12.1 Å². The third-order valence-corrected chi connectivity index (χ3v) is 3.17. The average molecular weight is 262 g/mol. The highest BCUT2D eigenvalue weighted by Crippen LogP contribution is 2.22. The molecule has 0 saturated heterocycles. The van der Waals surface area contributed by atoms with Crippen LogP contribution in [0.2, 0.25) is 0 Å². The van der Waals surface area contributed by atoms with Gasteiger partial charge in [0.05, 0.1) is 7.11 Å². The quantitative estimate of drug-likeness (QED) is 0.576. The molecule has 0 amide bonds. The molecule has 1 rings (SSSR count). The van der Waals surface area contributed by atoms with Gasteiger partial charge >= 0.3 is 0 Å². The van der Waals surface area contributed by atoms with E-state index in [9.17, 15) is 0 Å². The Kier molecular flexibility index (Phi) is 6.60. The molecular weight excluding hydrogens is 236 g/mol. The van der Waals surface area contributed by atoms with Crippen LogP contribution < -0.4 is 10.1 Å². The third kappa shape index (κ3) is 5.45. The van der Waals surface area contributed by atoms with Gasteiger partial charge in [-0.25, -0.2) is 0 Å². The van der Waals surface area contributed by atoms with E-state index < -0.39 is 0 Å². The number of likely N-dealkylation sites (N-methyl/N-ethyl adjacent to an activating group) is 1. The van der Waals surface area contributed by atoms with Crippen molar-refractivity contribution in [1.29, 1.82) is 0 Å². The number of hydrogen-bond acceptors (Lipinski definition) is 3. The molecule has 3 heteroatoms. The lowest BCUT2D eigenvalue weighted by Crippen LogP contribution is -2.31. The van der Waals surface area contributed by atoms with Crippen LogP contribution in [0.1, 0.15) is 24.9 Å². The van der Waals surface area contributed by atoms with Crippen LogP contribution in [0.25, 0.3) is 0 Å². The molecular formula is C16H26N2O. The van der Waals surface area contributed by atoms with Gasteiger partial charge in [-0.15, -0.1) is 6.58 Å². The fraction of sp³-hybridized carbons (Fsp3) is 0.500. The van der Waals surface area contributed by atoms with Gasteiger partial charge in [-0.1, -0.05) is 17.7 Å². The Bertz CT molecular complexity index is 401. The molecule has 0 radical (unpaired) electrons. The van der Waals surface area contributed by atoms with E-state index in [0.29, 0.717) is 6.04 Å². The molecule has 106 valence electrons. The number of ether oxygens (including phenoxy) is 1. The summed E-state index contributed by atoms with van der Waals surface area (Å²) in [4.78, 5) is 2.22. The van der Waals surface area contributed by atoms with Gasteiger partial charge in [0.1, 0.15) is 5.75 Å². The van der Waals surface area contributed by atoms with Crippen molar-refractivity contribution in [2.45, 2.75) is 19.4 Å². The number of methoxy groups -OCH3 is 1. The van der Waals surface area contributed by atoms with Crippen LogP contribution in [0, 0.1) is 0 Å². The lowest BCUT2D eigenvalue weighted by Gasteiger charge is -2.25.